The Morgan fingerprint density at radius 3 is 2.31 bits per heavy atom. The van der Waals surface area contributed by atoms with Crippen LogP contribution in [0.2, 0.25) is 0 Å². The van der Waals surface area contributed by atoms with Gasteiger partial charge in [0.2, 0.25) is 0 Å². The summed E-state index contributed by atoms with van der Waals surface area (Å²) < 4.78 is 6.19. The van der Waals surface area contributed by atoms with Gasteiger partial charge >= 0.3 is 0 Å². The maximum atomic E-state index is 6.19. The van der Waals surface area contributed by atoms with Crippen molar-refractivity contribution < 1.29 is 4.74 Å². The van der Waals surface area contributed by atoms with E-state index in [1.807, 2.05) is 0 Å². The molecular weight excluding hydrogens is 324 g/mol. The number of nitrogens with zero attached hydrogens (tertiary/aromatic N) is 2. The van der Waals surface area contributed by atoms with Gasteiger partial charge in [-0.15, -0.1) is 0 Å². The SMILES string of the molecule is Cc1nc(N2CC(C)(C)OC(C)(C)C2)ccc1NC[C@H]1CC[C@H](N)CC1. The minimum absolute atomic E-state index is 0.171. The van der Waals surface area contributed by atoms with E-state index in [4.69, 9.17) is 15.5 Å². The van der Waals surface area contributed by atoms with Gasteiger partial charge in [-0.3, -0.25) is 0 Å². The summed E-state index contributed by atoms with van der Waals surface area (Å²) in [5.41, 5.74) is 7.88. The van der Waals surface area contributed by atoms with Crippen molar-refractivity contribution in [2.24, 2.45) is 11.7 Å². The number of hydrogen-bond acceptors (Lipinski definition) is 5. The Morgan fingerprint density at radius 1 is 1.12 bits per heavy atom. The van der Waals surface area contributed by atoms with Gasteiger partial charge in [-0.05, 0) is 78.4 Å². The van der Waals surface area contributed by atoms with Gasteiger partial charge in [0.25, 0.3) is 0 Å². The Hall–Kier alpha value is -1.33. The van der Waals surface area contributed by atoms with Gasteiger partial charge in [0.05, 0.1) is 22.6 Å². The van der Waals surface area contributed by atoms with Crippen molar-refractivity contribution in [2.45, 2.75) is 77.5 Å². The molecule has 1 aliphatic heterocycles. The fourth-order valence-electron chi connectivity index (χ4n) is 4.51. The lowest BCUT2D eigenvalue weighted by Gasteiger charge is -2.47. The van der Waals surface area contributed by atoms with E-state index >= 15 is 0 Å². The van der Waals surface area contributed by atoms with E-state index in [1.165, 1.54) is 12.8 Å². The molecule has 0 spiro atoms. The number of morpholine rings is 1. The van der Waals surface area contributed by atoms with Crippen molar-refractivity contribution >= 4 is 11.5 Å². The zero-order valence-corrected chi connectivity index (χ0v) is 17.1. The van der Waals surface area contributed by atoms with Gasteiger partial charge in [0.15, 0.2) is 0 Å². The predicted molar refractivity (Wildman–Crippen MR) is 109 cm³/mol. The summed E-state index contributed by atoms with van der Waals surface area (Å²) in [6, 6.07) is 4.74. The predicted octanol–water partition coefficient (Wildman–Crippen LogP) is 3.71. The molecule has 0 atom stereocenters. The first kappa shape index (κ1) is 19.4. The minimum atomic E-state index is -0.171. The highest BCUT2D eigenvalue weighted by Gasteiger charge is 2.38. The van der Waals surface area contributed by atoms with Crippen molar-refractivity contribution in [3.8, 4) is 0 Å². The van der Waals surface area contributed by atoms with Crippen molar-refractivity contribution in [1.82, 2.24) is 4.98 Å². The molecule has 1 aromatic rings. The van der Waals surface area contributed by atoms with E-state index < -0.39 is 0 Å². The molecule has 0 unspecified atom stereocenters. The van der Waals surface area contributed by atoms with Crippen molar-refractivity contribution in [3.05, 3.63) is 17.8 Å². The lowest BCUT2D eigenvalue weighted by molar-refractivity contribution is -0.133. The molecule has 2 aliphatic rings. The van der Waals surface area contributed by atoms with Crippen LogP contribution < -0.4 is 16.0 Å². The Morgan fingerprint density at radius 2 is 1.73 bits per heavy atom. The maximum absolute atomic E-state index is 6.19. The third kappa shape index (κ3) is 4.89. The van der Waals surface area contributed by atoms with Crippen LogP contribution >= 0.6 is 0 Å². The van der Waals surface area contributed by atoms with Gasteiger partial charge in [-0.25, -0.2) is 4.98 Å². The van der Waals surface area contributed by atoms with Gasteiger partial charge in [-0.1, -0.05) is 0 Å². The smallest absolute Gasteiger partial charge is 0.129 e. The minimum Gasteiger partial charge on any atom is -0.383 e. The zero-order valence-electron chi connectivity index (χ0n) is 17.1. The zero-order chi connectivity index (χ0) is 18.9. The first-order chi connectivity index (χ1) is 12.1. The van der Waals surface area contributed by atoms with Crippen LogP contribution in [-0.2, 0) is 4.74 Å². The third-order valence-electron chi connectivity index (χ3n) is 5.56. The molecule has 1 aromatic heterocycles. The average Bonchev–Trinajstić information content (AvgIpc) is 2.52. The van der Waals surface area contributed by atoms with Gasteiger partial charge in [-0.2, -0.15) is 0 Å². The van der Waals surface area contributed by atoms with E-state index in [9.17, 15) is 0 Å². The molecule has 2 fully saturated rings. The number of anilines is 2. The van der Waals surface area contributed by atoms with Crippen LogP contribution in [-0.4, -0.2) is 41.9 Å². The fraction of sp³-hybridized carbons (Fsp3) is 0.762. The summed E-state index contributed by atoms with van der Waals surface area (Å²) >= 11 is 0. The number of aromatic nitrogens is 1. The highest BCUT2D eigenvalue weighted by molar-refractivity contribution is 5.54. The molecule has 146 valence electrons. The molecule has 0 amide bonds. The first-order valence-electron chi connectivity index (χ1n) is 10.1. The number of ether oxygens (including phenoxy) is 1. The molecule has 1 saturated heterocycles. The van der Waals surface area contributed by atoms with Crippen LogP contribution in [0.3, 0.4) is 0 Å². The highest BCUT2D eigenvalue weighted by atomic mass is 16.5. The molecule has 0 radical (unpaired) electrons. The average molecular weight is 361 g/mol. The molecule has 3 rings (SSSR count). The van der Waals surface area contributed by atoms with E-state index in [2.05, 4.69) is 57.0 Å². The second-order valence-electron chi connectivity index (χ2n) is 9.44. The Balaban J connectivity index is 1.64. The largest absolute Gasteiger partial charge is 0.383 e. The van der Waals surface area contributed by atoms with Crippen LogP contribution in [0, 0.1) is 12.8 Å². The Bertz CT molecular complexity index is 604. The van der Waals surface area contributed by atoms with E-state index in [-0.39, 0.29) is 11.2 Å². The second kappa shape index (κ2) is 7.35. The van der Waals surface area contributed by atoms with Gasteiger partial charge < -0.3 is 20.7 Å². The molecule has 3 N–H and O–H groups in total. The van der Waals surface area contributed by atoms with E-state index in [0.29, 0.717) is 6.04 Å². The van der Waals surface area contributed by atoms with E-state index in [0.717, 1.165) is 55.6 Å². The standard InChI is InChI=1S/C21H36N4O/c1-15-18(23-12-16-6-8-17(22)9-7-16)10-11-19(24-15)25-13-20(2,3)26-21(4,5)14-25/h10-11,16-17,23H,6-9,12-14,22H2,1-5H3/t16-,17-. The van der Waals surface area contributed by atoms with Gasteiger partial charge in [0, 0.05) is 25.7 Å². The molecule has 26 heavy (non-hydrogen) atoms. The molecular formula is C21H36N4O. The number of nitrogens with one attached hydrogen (secondary N) is 1. The third-order valence-corrected chi connectivity index (χ3v) is 5.56. The quantitative estimate of drug-likeness (QED) is 0.857. The van der Waals surface area contributed by atoms with Crippen molar-refractivity contribution in [3.63, 3.8) is 0 Å². The second-order valence-corrected chi connectivity index (χ2v) is 9.44. The van der Waals surface area contributed by atoms with Crippen LogP contribution in [0.1, 0.15) is 59.1 Å². The number of hydrogen-bond donors (Lipinski definition) is 2. The summed E-state index contributed by atoms with van der Waals surface area (Å²) in [7, 11) is 0. The van der Waals surface area contributed by atoms with Crippen molar-refractivity contribution in [1.29, 1.82) is 0 Å². The fourth-order valence-corrected chi connectivity index (χ4v) is 4.51. The first-order valence-corrected chi connectivity index (χ1v) is 10.1. The molecule has 5 heteroatoms. The molecule has 1 aliphatic carbocycles. The molecule has 0 bridgehead atoms. The van der Waals surface area contributed by atoms with E-state index in [1.54, 1.807) is 0 Å². The summed E-state index contributed by atoms with van der Waals surface area (Å²) in [5, 5.41) is 3.61. The molecule has 0 aromatic carbocycles. The molecule has 5 nitrogen and oxygen atoms in total. The van der Waals surface area contributed by atoms with Gasteiger partial charge in [0.1, 0.15) is 5.82 Å². The van der Waals surface area contributed by atoms with Crippen LogP contribution in [0.25, 0.3) is 0 Å². The summed E-state index contributed by atoms with van der Waals surface area (Å²) in [6.45, 7) is 13.4. The summed E-state index contributed by atoms with van der Waals surface area (Å²) in [4.78, 5) is 7.24. The number of pyridine rings is 1. The van der Waals surface area contributed by atoms with Crippen molar-refractivity contribution in [2.75, 3.05) is 29.9 Å². The Labute approximate surface area is 158 Å². The normalized spacial score (nSPS) is 28.0. The molecule has 1 saturated carbocycles. The van der Waals surface area contributed by atoms with Crippen LogP contribution in [0.4, 0.5) is 11.5 Å². The number of aryl methyl sites for hydroxylation is 1. The lowest BCUT2D eigenvalue weighted by Crippen LogP contribution is -2.57. The highest BCUT2D eigenvalue weighted by Crippen LogP contribution is 2.31. The van der Waals surface area contributed by atoms with Crippen LogP contribution in [0.15, 0.2) is 12.1 Å². The molecule has 2 heterocycles. The monoisotopic (exact) mass is 360 g/mol. The topological polar surface area (TPSA) is 63.4 Å². The lowest BCUT2D eigenvalue weighted by atomic mass is 9.86. The number of rotatable bonds is 4. The Kier molecular flexibility index (Phi) is 5.50. The maximum Gasteiger partial charge on any atom is 0.129 e. The van der Waals surface area contributed by atoms with Crippen LogP contribution in [0.5, 0.6) is 0 Å². The number of nitrogens with two attached hydrogens (primary N) is 1. The summed E-state index contributed by atoms with van der Waals surface area (Å²) in [6.07, 6.45) is 4.78. The summed E-state index contributed by atoms with van der Waals surface area (Å²) in [5.74, 6) is 1.77.